The van der Waals surface area contributed by atoms with Crippen molar-refractivity contribution in [1.29, 1.82) is 0 Å². The summed E-state index contributed by atoms with van der Waals surface area (Å²) in [6.45, 7) is 2.22. The highest BCUT2D eigenvalue weighted by Gasteiger charge is 2.27. The zero-order valence-corrected chi connectivity index (χ0v) is 18.1. The smallest absolute Gasteiger partial charge is 0.224 e. The summed E-state index contributed by atoms with van der Waals surface area (Å²) in [5.74, 6) is 1.50. The maximum atomic E-state index is 12.7. The Morgan fingerprint density at radius 2 is 2.13 bits per heavy atom. The Labute approximate surface area is 180 Å². The van der Waals surface area contributed by atoms with Gasteiger partial charge in [-0.15, -0.1) is 0 Å². The maximum Gasteiger partial charge on any atom is 0.224 e. The van der Waals surface area contributed by atoms with E-state index in [0.29, 0.717) is 24.6 Å². The minimum absolute atomic E-state index is 0.0240. The van der Waals surface area contributed by atoms with Crippen molar-refractivity contribution >= 4 is 32.7 Å². The van der Waals surface area contributed by atoms with Crippen molar-refractivity contribution in [2.45, 2.75) is 19.3 Å². The van der Waals surface area contributed by atoms with Crippen molar-refractivity contribution in [3.8, 4) is 11.5 Å². The third-order valence-corrected chi connectivity index (χ3v) is 6.42. The molecule has 1 amide bonds. The Kier molecular flexibility index (Phi) is 6.32. The van der Waals surface area contributed by atoms with E-state index in [1.807, 2.05) is 30.3 Å². The summed E-state index contributed by atoms with van der Waals surface area (Å²) in [6, 6.07) is 9.72. The number of hydrogen-bond acceptors (Lipinski definition) is 7. The van der Waals surface area contributed by atoms with Crippen LogP contribution in [0.2, 0.25) is 0 Å². The first-order chi connectivity index (χ1) is 14.7. The molecule has 1 atom stereocenters. The highest BCUT2D eigenvalue weighted by atomic mass is 32.1. The van der Waals surface area contributed by atoms with E-state index in [4.69, 9.17) is 14.5 Å². The second-order valence-electron chi connectivity index (χ2n) is 7.34. The largest absolute Gasteiger partial charge is 0.493 e. The number of ether oxygens (including phenoxy) is 2. The SMILES string of the molecule is COc1ccc(CCNC(=O)C2CCCN(c3nc4cccnc4s3)C2)cc1OC. The van der Waals surface area contributed by atoms with Crippen LogP contribution in [0.25, 0.3) is 10.3 Å². The number of anilines is 1. The molecule has 0 radical (unpaired) electrons. The topological polar surface area (TPSA) is 76.6 Å². The van der Waals surface area contributed by atoms with Crippen LogP contribution < -0.4 is 19.7 Å². The molecule has 1 N–H and O–H groups in total. The molecule has 158 valence electrons. The molecule has 1 aromatic carbocycles. The number of aromatic nitrogens is 2. The molecular formula is C22H26N4O3S. The number of nitrogens with one attached hydrogen (secondary N) is 1. The van der Waals surface area contributed by atoms with Gasteiger partial charge in [0.05, 0.1) is 20.1 Å². The van der Waals surface area contributed by atoms with Crippen molar-refractivity contribution in [3.63, 3.8) is 0 Å². The number of piperidine rings is 1. The number of benzene rings is 1. The predicted molar refractivity (Wildman–Crippen MR) is 119 cm³/mol. The summed E-state index contributed by atoms with van der Waals surface area (Å²) in [6.07, 6.45) is 4.42. The number of carbonyl (C=O) groups excluding carboxylic acids is 1. The molecule has 1 aliphatic rings. The minimum Gasteiger partial charge on any atom is -0.493 e. The van der Waals surface area contributed by atoms with Gasteiger partial charge in [-0.05, 0) is 49.1 Å². The first-order valence-electron chi connectivity index (χ1n) is 10.1. The van der Waals surface area contributed by atoms with Gasteiger partial charge in [-0.3, -0.25) is 4.79 Å². The lowest BCUT2D eigenvalue weighted by molar-refractivity contribution is -0.125. The summed E-state index contributed by atoms with van der Waals surface area (Å²) in [5, 5.41) is 4.05. The third kappa shape index (κ3) is 4.48. The van der Waals surface area contributed by atoms with Crippen LogP contribution in [0.15, 0.2) is 36.5 Å². The molecule has 7 nitrogen and oxygen atoms in total. The van der Waals surface area contributed by atoms with Crippen LogP contribution in [0, 0.1) is 5.92 Å². The summed E-state index contributed by atoms with van der Waals surface area (Å²) >= 11 is 1.59. The van der Waals surface area contributed by atoms with Crippen molar-refractivity contribution in [2.24, 2.45) is 5.92 Å². The van der Waals surface area contributed by atoms with Gasteiger partial charge in [-0.1, -0.05) is 17.4 Å². The number of amides is 1. The lowest BCUT2D eigenvalue weighted by Gasteiger charge is -2.31. The van der Waals surface area contributed by atoms with Gasteiger partial charge in [0, 0.05) is 25.8 Å². The van der Waals surface area contributed by atoms with Gasteiger partial charge >= 0.3 is 0 Å². The van der Waals surface area contributed by atoms with Gasteiger partial charge < -0.3 is 19.7 Å². The van der Waals surface area contributed by atoms with Crippen LogP contribution >= 0.6 is 11.3 Å². The predicted octanol–water partition coefficient (Wildman–Crippen LogP) is 3.28. The van der Waals surface area contributed by atoms with E-state index in [1.165, 1.54) is 0 Å². The number of pyridine rings is 1. The van der Waals surface area contributed by atoms with E-state index in [0.717, 1.165) is 46.8 Å². The molecule has 1 unspecified atom stereocenters. The average molecular weight is 427 g/mol. The Balaban J connectivity index is 1.32. The molecule has 0 aliphatic carbocycles. The van der Waals surface area contributed by atoms with E-state index in [9.17, 15) is 4.79 Å². The summed E-state index contributed by atoms with van der Waals surface area (Å²) in [4.78, 5) is 25.0. The number of methoxy groups -OCH3 is 2. The van der Waals surface area contributed by atoms with Gasteiger partial charge in [-0.25, -0.2) is 9.97 Å². The number of thiazole rings is 1. The highest BCUT2D eigenvalue weighted by Crippen LogP contribution is 2.30. The van der Waals surface area contributed by atoms with E-state index in [2.05, 4.69) is 15.2 Å². The summed E-state index contributed by atoms with van der Waals surface area (Å²) in [7, 11) is 3.25. The number of carbonyl (C=O) groups is 1. The Bertz CT molecular complexity index is 990. The zero-order chi connectivity index (χ0) is 20.9. The minimum atomic E-state index is -0.0240. The quantitative estimate of drug-likeness (QED) is 0.625. The third-order valence-electron chi connectivity index (χ3n) is 5.38. The molecule has 0 saturated carbocycles. The van der Waals surface area contributed by atoms with Gasteiger partial charge in [0.2, 0.25) is 5.91 Å². The first kappa shape index (κ1) is 20.4. The van der Waals surface area contributed by atoms with Crippen LogP contribution in [0.4, 0.5) is 5.13 Å². The van der Waals surface area contributed by atoms with Crippen molar-refractivity contribution in [2.75, 3.05) is 38.8 Å². The van der Waals surface area contributed by atoms with Gasteiger partial charge in [0.15, 0.2) is 16.6 Å². The molecule has 1 fully saturated rings. The van der Waals surface area contributed by atoms with Gasteiger partial charge in [0.25, 0.3) is 0 Å². The standard InChI is InChI=1S/C22H26N4O3S/c1-28-18-8-7-15(13-19(18)29-2)9-11-23-20(27)16-5-4-12-26(14-16)22-25-17-6-3-10-24-21(17)30-22/h3,6-8,10,13,16H,4-5,9,11-12,14H2,1-2H3,(H,23,27). The molecule has 3 heterocycles. The molecule has 4 rings (SSSR count). The lowest BCUT2D eigenvalue weighted by atomic mass is 9.97. The Morgan fingerprint density at radius 3 is 2.93 bits per heavy atom. The van der Waals surface area contributed by atoms with Crippen molar-refractivity contribution in [1.82, 2.24) is 15.3 Å². The summed E-state index contributed by atoms with van der Waals surface area (Å²) in [5.41, 5.74) is 2.01. The molecule has 0 bridgehead atoms. The number of fused-ring (bicyclic) bond motifs is 1. The normalized spacial score (nSPS) is 16.5. The summed E-state index contributed by atoms with van der Waals surface area (Å²) < 4.78 is 10.6. The lowest BCUT2D eigenvalue weighted by Crippen LogP contribution is -2.43. The van der Waals surface area contributed by atoms with E-state index >= 15 is 0 Å². The van der Waals surface area contributed by atoms with Crippen molar-refractivity contribution < 1.29 is 14.3 Å². The molecule has 2 aromatic heterocycles. The average Bonchev–Trinajstić information content (AvgIpc) is 3.23. The van der Waals surface area contributed by atoms with Crippen molar-refractivity contribution in [3.05, 3.63) is 42.1 Å². The second kappa shape index (κ2) is 9.30. The van der Waals surface area contributed by atoms with Crippen LogP contribution in [0.3, 0.4) is 0 Å². The molecule has 0 spiro atoms. The van der Waals surface area contributed by atoms with Crippen LogP contribution in [-0.4, -0.2) is 49.7 Å². The molecule has 1 saturated heterocycles. The van der Waals surface area contributed by atoms with Crippen LogP contribution in [0.5, 0.6) is 11.5 Å². The fraction of sp³-hybridized carbons (Fsp3) is 0.409. The van der Waals surface area contributed by atoms with E-state index in [1.54, 1.807) is 31.8 Å². The number of hydrogen-bond donors (Lipinski definition) is 1. The fourth-order valence-electron chi connectivity index (χ4n) is 3.77. The fourth-order valence-corrected chi connectivity index (χ4v) is 4.71. The second-order valence-corrected chi connectivity index (χ2v) is 8.30. The molecule has 8 heteroatoms. The molecule has 1 aliphatic heterocycles. The molecule has 30 heavy (non-hydrogen) atoms. The Hall–Kier alpha value is -2.87. The van der Waals surface area contributed by atoms with E-state index < -0.39 is 0 Å². The monoisotopic (exact) mass is 426 g/mol. The number of rotatable bonds is 7. The van der Waals surface area contributed by atoms with Gasteiger partial charge in [0.1, 0.15) is 10.3 Å². The number of nitrogens with zero attached hydrogens (tertiary/aromatic N) is 3. The van der Waals surface area contributed by atoms with Gasteiger partial charge in [-0.2, -0.15) is 0 Å². The van der Waals surface area contributed by atoms with Crippen LogP contribution in [-0.2, 0) is 11.2 Å². The maximum absolute atomic E-state index is 12.7. The van der Waals surface area contributed by atoms with Crippen LogP contribution in [0.1, 0.15) is 18.4 Å². The van der Waals surface area contributed by atoms with E-state index in [-0.39, 0.29) is 11.8 Å². The Morgan fingerprint density at radius 1 is 1.27 bits per heavy atom. The zero-order valence-electron chi connectivity index (χ0n) is 17.3. The first-order valence-corrected chi connectivity index (χ1v) is 10.9. The molecule has 3 aromatic rings. The molecular weight excluding hydrogens is 400 g/mol. The highest BCUT2D eigenvalue weighted by molar-refractivity contribution is 7.21.